The molecule has 1 amide bonds. The van der Waals surface area contributed by atoms with E-state index in [0.717, 1.165) is 5.69 Å². The minimum atomic E-state index is -0.739. The molecule has 23 heavy (non-hydrogen) atoms. The lowest BCUT2D eigenvalue weighted by Gasteiger charge is -2.37. The molecule has 1 fully saturated rings. The quantitative estimate of drug-likeness (QED) is 0.722. The molecule has 1 aliphatic heterocycles. The van der Waals surface area contributed by atoms with E-state index in [4.69, 9.17) is 10.8 Å². The van der Waals surface area contributed by atoms with Crippen LogP contribution in [0.25, 0.3) is 0 Å². The average Bonchev–Trinajstić information content (AvgIpc) is 2.50. The third kappa shape index (κ3) is 4.45. The molecule has 0 bridgehead atoms. The SMILES string of the molecule is CC(C)C(C(=O)Nc1ccc(N)cc1)N1CCC(C(=O)O)CC1. The Hall–Kier alpha value is -2.08. The summed E-state index contributed by atoms with van der Waals surface area (Å²) in [6, 6.07) is 6.79. The van der Waals surface area contributed by atoms with E-state index >= 15 is 0 Å². The van der Waals surface area contributed by atoms with Crippen molar-refractivity contribution in [2.24, 2.45) is 11.8 Å². The lowest BCUT2D eigenvalue weighted by atomic mass is 9.93. The molecule has 1 aromatic carbocycles. The number of nitrogens with one attached hydrogen (secondary N) is 1. The number of carboxylic acid groups (broad SMARTS) is 1. The van der Waals surface area contributed by atoms with Crippen LogP contribution in [-0.2, 0) is 9.59 Å². The van der Waals surface area contributed by atoms with Crippen LogP contribution < -0.4 is 11.1 Å². The van der Waals surface area contributed by atoms with Gasteiger partial charge in [0.25, 0.3) is 0 Å². The van der Waals surface area contributed by atoms with Crippen LogP contribution in [0.5, 0.6) is 0 Å². The van der Waals surface area contributed by atoms with Crippen molar-refractivity contribution < 1.29 is 14.7 Å². The van der Waals surface area contributed by atoms with Gasteiger partial charge in [-0.3, -0.25) is 14.5 Å². The lowest BCUT2D eigenvalue weighted by molar-refractivity contribution is -0.143. The number of aliphatic carboxylic acids is 1. The molecule has 4 N–H and O–H groups in total. The highest BCUT2D eigenvalue weighted by atomic mass is 16.4. The number of hydrogen-bond donors (Lipinski definition) is 3. The van der Waals surface area contributed by atoms with Crippen LogP contribution in [0, 0.1) is 11.8 Å². The number of anilines is 2. The second kappa shape index (κ2) is 7.46. The highest BCUT2D eigenvalue weighted by molar-refractivity contribution is 5.95. The molecule has 6 nitrogen and oxygen atoms in total. The number of carbonyl (C=O) groups excluding carboxylic acids is 1. The average molecular weight is 319 g/mol. The van der Waals surface area contributed by atoms with E-state index < -0.39 is 5.97 Å². The first-order chi connectivity index (χ1) is 10.9. The minimum absolute atomic E-state index is 0.0569. The number of likely N-dealkylation sites (tertiary alicyclic amines) is 1. The number of nitrogens with two attached hydrogens (primary N) is 1. The van der Waals surface area contributed by atoms with Gasteiger partial charge in [-0.05, 0) is 56.1 Å². The number of benzene rings is 1. The third-order valence-electron chi connectivity index (χ3n) is 4.35. The molecule has 0 radical (unpaired) electrons. The van der Waals surface area contributed by atoms with Crippen molar-refractivity contribution in [3.63, 3.8) is 0 Å². The maximum absolute atomic E-state index is 12.7. The van der Waals surface area contributed by atoms with Crippen LogP contribution in [0.2, 0.25) is 0 Å². The Labute approximate surface area is 136 Å². The number of nitrogen functional groups attached to an aromatic ring is 1. The molecule has 2 rings (SSSR count). The molecule has 0 spiro atoms. The fraction of sp³-hybridized carbons (Fsp3) is 0.529. The Balaban J connectivity index is 2.02. The molecule has 0 aliphatic carbocycles. The third-order valence-corrected chi connectivity index (χ3v) is 4.35. The fourth-order valence-electron chi connectivity index (χ4n) is 3.10. The Morgan fingerprint density at radius 3 is 2.26 bits per heavy atom. The zero-order valence-corrected chi connectivity index (χ0v) is 13.7. The van der Waals surface area contributed by atoms with Gasteiger partial charge < -0.3 is 16.2 Å². The molecule has 1 unspecified atom stereocenters. The number of hydrogen-bond acceptors (Lipinski definition) is 4. The number of amides is 1. The summed E-state index contributed by atoms with van der Waals surface area (Å²) in [7, 11) is 0. The number of carbonyl (C=O) groups is 2. The maximum atomic E-state index is 12.7. The summed E-state index contributed by atoms with van der Waals surface area (Å²) in [5, 5.41) is 12.0. The fourth-order valence-corrected chi connectivity index (χ4v) is 3.10. The van der Waals surface area contributed by atoms with E-state index in [0.29, 0.717) is 31.6 Å². The van der Waals surface area contributed by atoms with Crippen molar-refractivity contribution in [3.8, 4) is 0 Å². The predicted molar refractivity (Wildman–Crippen MR) is 90.0 cm³/mol. The smallest absolute Gasteiger partial charge is 0.306 e. The van der Waals surface area contributed by atoms with Gasteiger partial charge in [-0.1, -0.05) is 13.8 Å². The summed E-state index contributed by atoms with van der Waals surface area (Å²) in [6.45, 7) is 5.29. The van der Waals surface area contributed by atoms with Gasteiger partial charge in [0, 0.05) is 11.4 Å². The molecular formula is C17H25N3O3. The van der Waals surface area contributed by atoms with Crippen molar-refractivity contribution in [1.29, 1.82) is 0 Å². The summed E-state index contributed by atoms with van der Waals surface area (Å²) in [6.07, 6.45) is 1.18. The largest absolute Gasteiger partial charge is 0.481 e. The van der Waals surface area contributed by atoms with Crippen LogP contribution >= 0.6 is 0 Å². The molecule has 1 saturated heterocycles. The van der Waals surface area contributed by atoms with E-state index in [2.05, 4.69) is 10.2 Å². The first kappa shape index (κ1) is 17.3. The molecule has 0 aromatic heterocycles. The number of nitrogens with zero attached hydrogens (tertiary/aromatic N) is 1. The van der Waals surface area contributed by atoms with E-state index in [9.17, 15) is 9.59 Å². The van der Waals surface area contributed by atoms with Crippen LogP contribution in [-0.4, -0.2) is 41.0 Å². The zero-order valence-electron chi connectivity index (χ0n) is 13.7. The van der Waals surface area contributed by atoms with Crippen molar-refractivity contribution in [3.05, 3.63) is 24.3 Å². The molecule has 1 aromatic rings. The van der Waals surface area contributed by atoms with Crippen molar-refractivity contribution in [2.75, 3.05) is 24.1 Å². The summed E-state index contributed by atoms with van der Waals surface area (Å²) in [5.74, 6) is -0.944. The number of piperidine rings is 1. The summed E-state index contributed by atoms with van der Waals surface area (Å²) < 4.78 is 0. The summed E-state index contributed by atoms with van der Waals surface area (Å²) in [4.78, 5) is 25.8. The van der Waals surface area contributed by atoms with Crippen LogP contribution in [0.4, 0.5) is 11.4 Å². The van der Waals surface area contributed by atoms with E-state index in [-0.39, 0.29) is 23.8 Å². The van der Waals surface area contributed by atoms with Gasteiger partial charge in [-0.15, -0.1) is 0 Å². The van der Waals surface area contributed by atoms with E-state index in [1.165, 1.54) is 0 Å². The molecule has 1 heterocycles. The van der Waals surface area contributed by atoms with Gasteiger partial charge in [0.15, 0.2) is 0 Å². The zero-order chi connectivity index (χ0) is 17.0. The monoisotopic (exact) mass is 319 g/mol. The van der Waals surface area contributed by atoms with Crippen molar-refractivity contribution in [1.82, 2.24) is 4.90 Å². The van der Waals surface area contributed by atoms with Gasteiger partial charge in [0.1, 0.15) is 0 Å². The topological polar surface area (TPSA) is 95.7 Å². The Morgan fingerprint density at radius 1 is 1.22 bits per heavy atom. The van der Waals surface area contributed by atoms with Crippen molar-refractivity contribution >= 4 is 23.3 Å². The van der Waals surface area contributed by atoms with Crippen LogP contribution in [0.3, 0.4) is 0 Å². The second-order valence-corrected chi connectivity index (χ2v) is 6.45. The van der Waals surface area contributed by atoms with Gasteiger partial charge >= 0.3 is 5.97 Å². The first-order valence-electron chi connectivity index (χ1n) is 8.01. The molecule has 1 aliphatic rings. The van der Waals surface area contributed by atoms with Gasteiger partial charge in [-0.25, -0.2) is 0 Å². The highest BCUT2D eigenvalue weighted by Crippen LogP contribution is 2.23. The van der Waals surface area contributed by atoms with Crippen molar-refractivity contribution in [2.45, 2.75) is 32.7 Å². The molecule has 1 atom stereocenters. The Kier molecular flexibility index (Phi) is 5.60. The lowest BCUT2D eigenvalue weighted by Crippen LogP contribution is -2.51. The summed E-state index contributed by atoms with van der Waals surface area (Å²) >= 11 is 0. The molecule has 0 saturated carbocycles. The van der Waals surface area contributed by atoms with E-state index in [1.807, 2.05) is 13.8 Å². The number of carboxylic acids is 1. The molecular weight excluding hydrogens is 294 g/mol. The van der Waals surface area contributed by atoms with Gasteiger partial charge in [-0.2, -0.15) is 0 Å². The van der Waals surface area contributed by atoms with Crippen LogP contribution in [0.15, 0.2) is 24.3 Å². The highest BCUT2D eigenvalue weighted by Gasteiger charge is 2.33. The van der Waals surface area contributed by atoms with Crippen LogP contribution in [0.1, 0.15) is 26.7 Å². The maximum Gasteiger partial charge on any atom is 0.306 e. The molecule has 6 heteroatoms. The Bertz CT molecular complexity index is 549. The predicted octanol–water partition coefficient (Wildman–Crippen LogP) is 2.03. The van der Waals surface area contributed by atoms with Gasteiger partial charge in [0.2, 0.25) is 5.91 Å². The normalized spacial score (nSPS) is 17.9. The number of rotatable bonds is 5. The summed E-state index contributed by atoms with van der Waals surface area (Å²) in [5.41, 5.74) is 7.02. The Morgan fingerprint density at radius 2 is 1.78 bits per heavy atom. The van der Waals surface area contributed by atoms with E-state index in [1.54, 1.807) is 24.3 Å². The molecule has 126 valence electrons. The standard InChI is InChI=1S/C17H25N3O3/c1-11(2)15(20-9-7-12(8-10-20)17(22)23)16(21)19-14-5-3-13(18)4-6-14/h3-6,11-12,15H,7-10,18H2,1-2H3,(H,19,21)(H,22,23). The second-order valence-electron chi connectivity index (χ2n) is 6.45. The van der Waals surface area contributed by atoms with Gasteiger partial charge in [0.05, 0.1) is 12.0 Å². The minimum Gasteiger partial charge on any atom is -0.481 e. The first-order valence-corrected chi connectivity index (χ1v) is 8.01.